The number of aromatic amines is 1. The molecule has 344 valence electrons. The molecule has 3 fully saturated rings. The Bertz CT molecular complexity index is 2510. The number of benzene rings is 2. The van der Waals surface area contributed by atoms with Gasteiger partial charge in [-0.15, -0.1) is 13.2 Å². The zero-order valence-corrected chi connectivity index (χ0v) is 37.7. The number of nitrogens with zero attached hydrogens (tertiary/aromatic N) is 5. The van der Waals surface area contributed by atoms with Gasteiger partial charge in [-0.1, -0.05) is 69.6 Å². The van der Waals surface area contributed by atoms with Crippen LogP contribution in [0.1, 0.15) is 76.1 Å². The van der Waals surface area contributed by atoms with Gasteiger partial charge in [0, 0.05) is 56.0 Å². The van der Waals surface area contributed by atoms with Gasteiger partial charge in [-0.25, -0.2) is 14.8 Å². The quantitative estimate of drug-likeness (QED) is 0.118. The van der Waals surface area contributed by atoms with Crippen molar-refractivity contribution in [3.8, 4) is 28.1 Å². The van der Waals surface area contributed by atoms with Gasteiger partial charge in [-0.05, 0) is 78.3 Å². The molecular weight excluding hydrogens is 865 g/mol. The number of H-pyrrole nitrogens is 1. The zero-order valence-electron chi connectivity index (χ0n) is 37.0. The Labute approximate surface area is 379 Å². The second-order valence-corrected chi connectivity index (χ2v) is 18.8. The Morgan fingerprint density at radius 2 is 1.69 bits per heavy atom. The Morgan fingerprint density at radius 1 is 0.985 bits per heavy atom. The summed E-state index contributed by atoms with van der Waals surface area (Å²) in [7, 11) is 1.24. The van der Waals surface area contributed by atoms with Crippen LogP contribution in [0.25, 0.3) is 22.4 Å². The molecule has 0 spiro atoms. The van der Waals surface area contributed by atoms with E-state index in [-0.39, 0.29) is 56.9 Å². The van der Waals surface area contributed by atoms with Crippen LogP contribution in [0.3, 0.4) is 0 Å². The molecule has 2 aromatic heterocycles. The number of amides is 4. The molecule has 18 heteroatoms. The lowest BCUT2D eigenvalue weighted by Crippen LogP contribution is -2.54. The highest BCUT2D eigenvalue weighted by atomic mass is 35.5. The van der Waals surface area contributed by atoms with Crippen molar-refractivity contribution in [3.63, 3.8) is 0 Å². The topological polar surface area (TPSA) is 162 Å². The maximum absolute atomic E-state index is 13.9. The maximum Gasteiger partial charge on any atom is 0.573 e. The number of alkyl halides is 3. The molecule has 1 saturated heterocycles. The zero-order chi connectivity index (χ0) is 46.5. The number of carbonyl (C=O) groups is 4. The molecule has 2 aliphatic heterocycles. The van der Waals surface area contributed by atoms with E-state index in [1.54, 1.807) is 47.5 Å². The van der Waals surface area contributed by atoms with Crippen molar-refractivity contribution in [2.45, 2.75) is 78.4 Å². The molecular formula is C47H52ClF3N8O6. The highest BCUT2D eigenvalue weighted by Crippen LogP contribution is 2.52. The molecule has 1 unspecified atom stereocenters. The highest BCUT2D eigenvalue weighted by Gasteiger charge is 2.52. The van der Waals surface area contributed by atoms with Gasteiger partial charge in [0.15, 0.2) is 0 Å². The summed E-state index contributed by atoms with van der Waals surface area (Å²) >= 11 is 6.62. The summed E-state index contributed by atoms with van der Waals surface area (Å²) < 4.78 is 50.7. The van der Waals surface area contributed by atoms with Crippen LogP contribution in [0.5, 0.6) is 5.75 Å². The summed E-state index contributed by atoms with van der Waals surface area (Å²) in [5.41, 5.74) is 2.90. The molecule has 2 aromatic carbocycles. The Kier molecular flexibility index (Phi) is 12.4. The molecule has 0 bridgehead atoms. The Hall–Kier alpha value is -6.10. The van der Waals surface area contributed by atoms with E-state index in [0.717, 1.165) is 30.9 Å². The summed E-state index contributed by atoms with van der Waals surface area (Å²) in [6.45, 7) is 12.0. The number of methoxy groups -OCH3 is 1. The van der Waals surface area contributed by atoms with E-state index in [1.807, 2.05) is 31.7 Å². The second kappa shape index (κ2) is 17.7. The SMILES string of the molecule is COC(=O)N[C@H](C(=O)N1CC(C2CC2)=C[C@@H]1c1ncc(-c2ccc(-c3cc(Cl)c(NC(=O)c4ccc(N5CCN(C(=O)C6CC6(C)C)C[C@@H]5C)nc4)cc3OC(F)(F)F)cc2)[nH]1)C(C)C. The largest absolute Gasteiger partial charge is 0.573 e. The summed E-state index contributed by atoms with van der Waals surface area (Å²) in [6.07, 6.45) is 2.28. The Balaban J connectivity index is 0.963. The smallest absolute Gasteiger partial charge is 0.453 e. The molecule has 4 aliphatic rings. The van der Waals surface area contributed by atoms with Crippen molar-refractivity contribution in [1.29, 1.82) is 0 Å². The molecule has 4 aromatic rings. The molecule has 14 nitrogen and oxygen atoms in total. The molecule has 2 saturated carbocycles. The first-order valence-corrected chi connectivity index (χ1v) is 22.1. The summed E-state index contributed by atoms with van der Waals surface area (Å²) in [5, 5.41) is 5.24. The van der Waals surface area contributed by atoms with E-state index < -0.39 is 36.2 Å². The van der Waals surface area contributed by atoms with Gasteiger partial charge in [0.1, 0.15) is 29.5 Å². The second-order valence-electron chi connectivity index (χ2n) is 18.4. The summed E-state index contributed by atoms with van der Waals surface area (Å²) in [4.78, 5) is 70.6. The molecule has 3 N–H and O–H groups in total. The predicted molar refractivity (Wildman–Crippen MR) is 238 cm³/mol. The van der Waals surface area contributed by atoms with E-state index in [1.165, 1.54) is 19.4 Å². The van der Waals surface area contributed by atoms with Crippen molar-refractivity contribution in [3.05, 3.63) is 89.0 Å². The van der Waals surface area contributed by atoms with Crippen LogP contribution in [-0.2, 0) is 14.3 Å². The van der Waals surface area contributed by atoms with E-state index in [2.05, 4.69) is 49.1 Å². The third kappa shape index (κ3) is 9.94. The fourth-order valence-corrected chi connectivity index (χ4v) is 8.93. The number of nitrogens with one attached hydrogen (secondary N) is 3. The number of anilines is 2. The number of halogens is 4. The number of alkyl carbamates (subject to hydrolysis) is 1. The number of carbonyl (C=O) groups excluding carboxylic acids is 4. The van der Waals surface area contributed by atoms with Crippen LogP contribution in [0.4, 0.5) is 29.5 Å². The minimum atomic E-state index is -5.06. The molecule has 8 rings (SSSR count). The minimum Gasteiger partial charge on any atom is -0.453 e. The number of hydrogen-bond donors (Lipinski definition) is 3. The van der Waals surface area contributed by atoms with Gasteiger partial charge in [0.05, 0.1) is 35.3 Å². The molecule has 0 radical (unpaired) electrons. The van der Waals surface area contributed by atoms with Crippen LogP contribution >= 0.6 is 11.6 Å². The van der Waals surface area contributed by atoms with Crippen LogP contribution in [0.2, 0.25) is 5.02 Å². The van der Waals surface area contributed by atoms with Crippen molar-refractivity contribution < 1.29 is 41.8 Å². The standard InChI is InChI=1S/C47H52ClF3N8O6/c1-25(2)40(56-45(63)64-6)44(62)59-24-31(27-7-8-27)17-37(59)41-53-22-36(54-41)29-11-9-28(10-12-29)32-18-34(48)35(19-38(32)65-47(49,50)51)55-42(60)30-13-14-39(52-21-30)58-16-15-57(23-26(58)3)43(61)33-20-46(33,4)5/h9-14,17-19,21-22,25-27,33,37,40H,7-8,15-16,20,23-24H2,1-6H3,(H,53,54)(H,55,60)(H,56,63)/t26-,33?,37+,40-/m0/s1. The van der Waals surface area contributed by atoms with E-state index in [4.69, 9.17) is 16.3 Å². The van der Waals surface area contributed by atoms with Crippen LogP contribution < -0.4 is 20.3 Å². The first kappa shape index (κ1) is 45.5. The van der Waals surface area contributed by atoms with Crippen LogP contribution in [0.15, 0.2) is 72.6 Å². The lowest BCUT2D eigenvalue weighted by atomic mass is 10.0. The average molecular weight is 917 g/mol. The van der Waals surface area contributed by atoms with Crippen molar-refractivity contribution in [1.82, 2.24) is 30.1 Å². The molecule has 4 heterocycles. The number of imidazole rings is 1. The maximum atomic E-state index is 13.9. The number of pyridine rings is 1. The van der Waals surface area contributed by atoms with Gasteiger partial charge in [0.2, 0.25) is 11.8 Å². The molecule has 65 heavy (non-hydrogen) atoms. The van der Waals surface area contributed by atoms with Crippen LogP contribution in [-0.4, -0.2) is 100 Å². The lowest BCUT2D eigenvalue weighted by Gasteiger charge is -2.40. The van der Waals surface area contributed by atoms with Crippen molar-refractivity contribution in [2.75, 3.05) is 43.5 Å². The molecule has 4 atom stereocenters. The minimum absolute atomic E-state index is 0.00657. The van der Waals surface area contributed by atoms with Gasteiger partial charge in [0.25, 0.3) is 5.91 Å². The van der Waals surface area contributed by atoms with Gasteiger partial charge >= 0.3 is 12.5 Å². The van der Waals surface area contributed by atoms with E-state index in [0.29, 0.717) is 60.6 Å². The van der Waals surface area contributed by atoms with Crippen molar-refractivity contribution >= 4 is 46.9 Å². The number of piperazine rings is 1. The van der Waals surface area contributed by atoms with Crippen molar-refractivity contribution in [2.24, 2.45) is 23.2 Å². The fourth-order valence-electron chi connectivity index (χ4n) is 8.72. The number of hydrogen-bond acceptors (Lipinski definition) is 9. The molecule has 2 aliphatic carbocycles. The number of aromatic nitrogens is 3. The predicted octanol–water partition coefficient (Wildman–Crippen LogP) is 8.63. The molecule has 4 amide bonds. The summed E-state index contributed by atoms with van der Waals surface area (Å²) in [5.74, 6) is 0.0912. The first-order valence-electron chi connectivity index (χ1n) is 21.7. The third-order valence-corrected chi connectivity index (χ3v) is 13.1. The van der Waals surface area contributed by atoms with Gasteiger partial charge in [-0.2, -0.15) is 0 Å². The highest BCUT2D eigenvalue weighted by molar-refractivity contribution is 6.34. The normalized spacial score (nSPS) is 20.9. The fraction of sp³-hybridized carbons (Fsp3) is 0.447. The number of rotatable bonds is 12. The monoisotopic (exact) mass is 916 g/mol. The van der Waals surface area contributed by atoms with E-state index >= 15 is 0 Å². The third-order valence-electron chi connectivity index (χ3n) is 12.8. The Morgan fingerprint density at radius 3 is 2.29 bits per heavy atom. The van der Waals surface area contributed by atoms with Gasteiger partial charge < -0.3 is 39.8 Å². The lowest BCUT2D eigenvalue weighted by molar-refractivity contribution is -0.274. The van der Waals surface area contributed by atoms with Gasteiger partial charge in [-0.3, -0.25) is 14.4 Å². The first-order chi connectivity index (χ1) is 30.8. The average Bonchev–Trinajstić information content (AvgIpc) is 4.10. The summed E-state index contributed by atoms with van der Waals surface area (Å²) in [6, 6.07) is 10.9. The van der Waals surface area contributed by atoms with E-state index in [9.17, 15) is 32.3 Å². The number of ether oxygens (including phenoxy) is 2. The van der Waals surface area contributed by atoms with Crippen LogP contribution in [0, 0.1) is 23.2 Å².